The Morgan fingerprint density at radius 1 is 1.32 bits per heavy atom. The van der Waals surface area contributed by atoms with Crippen LogP contribution in [-0.4, -0.2) is 36.9 Å². The van der Waals surface area contributed by atoms with Gasteiger partial charge >= 0.3 is 0 Å². The molecule has 2 N–H and O–H groups in total. The van der Waals surface area contributed by atoms with Gasteiger partial charge in [-0.3, -0.25) is 0 Å². The summed E-state index contributed by atoms with van der Waals surface area (Å²) in [5.41, 5.74) is 6.86. The van der Waals surface area contributed by atoms with Crippen molar-refractivity contribution in [3.63, 3.8) is 0 Å². The molecule has 0 aliphatic carbocycles. The van der Waals surface area contributed by atoms with Crippen molar-refractivity contribution in [3.05, 3.63) is 18.2 Å². The standard InChI is InChI=1S/C15H24N2OS/c1-2-18-13-6-7-14(16)15(12-13)19-11-5-10-17-8-3-4-9-17/h6-7,12H,2-5,8-11,16H2,1H3. The van der Waals surface area contributed by atoms with E-state index in [0.717, 1.165) is 22.1 Å². The molecule has 19 heavy (non-hydrogen) atoms. The number of benzene rings is 1. The third kappa shape index (κ3) is 4.62. The molecule has 1 aliphatic rings. The summed E-state index contributed by atoms with van der Waals surface area (Å²) < 4.78 is 5.51. The molecular formula is C15H24N2OS. The molecule has 4 heteroatoms. The van der Waals surface area contributed by atoms with Crippen LogP contribution < -0.4 is 10.5 Å². The topological polar surface area (TPSA) is 38.5 Å². The highest BCUT2D eigenvalue weighted by Crippen LogP contribution is 2.29. The molecule has 0 radical (unpaired) electrons. The monoisotopic (exact) mass is 280 g/mol. The van der Waals surface area contributed by atoms with E-state index in [9.17, 15) is 0 Å². The number of likely N-dealkylation sites (tertiary alicyclic amines) is 1. The lowest BCUT2D eigenvalue weighted by atomic mass is 10.3. The molecule has 1 saturated heterocycles. The summed E-state index contributed by atoms with van der Waals surface area (Å²) >= 11 is 1.84. The molecule has 0 unspecified atom stereocenters. The van der Waals surface area contributed by atoms with Crippen molar-refractivity contribution in [2.45, 2.75) is 31.1 Å². The highest BCUT2D eigenvalue weighted by molar-refractivity contribution is 7.99. The van der Waals surface area contributed by atoms with Gasteiger partial charge in [-0.2, -0.15) is 0 Å². The van der Waals surface area contributed by atoms with Crippen LogP contribution in [0.3, 0.4) is 0 Å². The Bertz CT molecular complexity index is 392. The van der Waals surface area contributed by atoms with E-state index >= 15 is 0 Å². The fourth-order valence-corrected chi connectivity index (χ4v) is 3.30. The second-order valence-electron chi connectivity index (χ2n) is 4.88. The van der Waals surface area contributed by atoms with Gasteiger partial charge in [0.05, 0.1) is 6.61 Å². The maximum Gasteiger partial charge on any atom is 0.120 e. The van der Waals surface area contributed by atoms with Gasteiger partial charge in [0.2, 0.25) is 0 Å². The van der Waals surface area contributed by atoms with Gasteiger partial charge in [-0.05, 0) is 69.8 Å². The number of nitrogens with zero attached hydrogens (tertiary/aromatic N) is 1. The second kappa shape index (κ2) is 7.65. The first-order valence-electron chi connectivity index (χ1n) is 7.17. The fraction of sp³-hybridized carbons (Fsp3) is 0.600. The van der Waals surface area contributed by atoms with Crippen LogP contribution in [0.25, 0.3) is 0 Å². The molecule has 0 bridgehead atoms. The minimum absolute atomic E-state index is 0.697. The number of nitrogen functional groups attached to an aromatic ring is 1. The zero-order chi connectivity index (χ0) is 13.5. The third-order valence-corrected chi connectivity index (χ3v) is 4.53. The lowest BCUT2D eigenvalue weighted by molar-refractivity contribution is 0.339. The molecular weight excluding hydrogens is 256 g/mol. The molecule has 0 saturated carbocycles. The van der Waals surface area contributed by atoms with E-state index in [4.69, 9.17) is 10.5 Å². The largest absolute Gasteiger partial charge is 0.494 e. The molecule has 3 nitrogen and oxygen atoms in total. The summed E-state index contributed by atoms with van der Waals surface area (Å²) in [4.78, 5) is 3.70. The van der Waals surface area contributed by atoms with Gasteiger partial charge in [0.25, 0.3) is 0 Å². The van der Waals surface area contributed by atoms with Crippen molar-refractivity contribution in [1.29, 1.82) is 0 Å². The maximum absolute atomic E-state index is 6.00. The molecule has 2 rings (SSSR count). The zero-order valence-corrected chi connectivity index (χ0v) is 12.5. The minimum Gasteiger partial charge on any atom is -0.494 e. The molecule has 1 aliphatic heterocycles. The van der Waals surface area contributed by atoms with E-state index < -0.39 is 0 Å². The third-order valence-electron chi connectivity index (χ3n) is 3.37. The van der Waals surface area contributed by atoms with Crippen LogP contribution in [-0.2, 0) is 0 Å². The fourth-order valence-electron chi connectivity index (χ4n) is 2.37. The van der Waals surface area contributed by atoms with Gasteiger partial charge in [-0.25, -0.2) is 0 Å². The number of thioether (sulfide) groups is 1. The van der Waals surface area contributed by atoms with Gasteiger partial charge < -0.3 is 15.4 Å². The Labute approximate surface area is 120 Å². The van der Waals surface area contributed by atoms with Crippen LogP contribution in [0.15, 0.2) is 23.1 Å². The van der Waals surface area contributed by atoms with Crippen molar-refractivity contribution in [3.8, 4) is 5.75 Å². The van der Waals surface area contributed by atoms with Crippen LogP contribution in [0, 0.1) is 0 Å². The molecule has 1 aromatic carbocycles. The lowest BCUT2D eigenvalue weighted by Crippen LogP contribution is -2.20. The van der Waals surface area contributed by atoms with Crippen molar-refractivity contribution < 1.29 is 4.74 Å². The normalized spacial score (nSPS) is 15.8. The van der Waals surface area contributed by atoms with E-state index in [2.05, 4.69) is 11.0 Å². The van der Waals surface area contributed by atoms with Crippen molar-refractivity contribution in [1.82, 2.24) is 4.90 Å². The van der Waals surface area contributed by atoms with Crippen LogP contribution in [0.1, 0.15) is 26.2 Å². The minimum atomic E-state index is 0.697. The van der Waals surface area contributed by atoms with E-state index in [1.807, 2.05) is 30.8 Å². The predicted octanol–water partition coefficient (Wildman–Crippen LogP) is 3.25. The summed E-state index contributed by atoms with van der Waals surface area (Å²) in [6, 6.07) is 5.93. The molecule has 1 heterocycles. The number of hydrogen-bond acceptors (Lipinski definition) is 4. The highest BCUT2D eigenvalue weighted by atomic mass is 32.2. The van der Waals surface area contributed by atoms with E-state index in [1.165, 1.54) is 38.9 Å². The number of nitrogens with two attached hydrogens (primary N) is 1. The molecule has 0 amide bonds. The lowest BCUT2D eigenvalue weighted by Gasteiger charge is -2.14. The molecule has 0 spiro atoms. The summed E-state index contributed by atoms with van der Waals surface area (Å²) in [5, 5.41) is 0. The molecule has 1 fully saturated rings. The maximum atomic E-state index is 6.00. The number of ether oxygens (including phenoxy) is 1. The quantitative estimate of drug-likeness (QED) is 0.473. The molecule has 106 valence electrons. The Morgan fingerprint density at radius 3 is 2.84 bits per heavy atom. The average Bonchev–Trinajstić information content (AvgIpc) is 2.91. The summed E-state index contributed by atoms with van der Waals surface area (Å²) in [6.45, 7) is 6.49. The van der Waals surface area contributed by atoms with Gasteiger partial charge in [-0.1, -0.05) is 0 Å². The number of hydrogen-bond donors (Lipinski definition) is 1. The highest BCUT2D eigenvalue weighted by Gasteiger charge is 2.10. The Balaban J connectivity index is 1.76. The second-order valence-corrected chi connectivity index (χ2v) is 6.02. The van der Waals surface area contributed by atoms with E-state index in [0.29, 0.717) is 6.61 Å². The molecule has 1 aromatic rings. The summed E-state index contributed by atoms with van der Waals surface area (Å²) in [7, 11) is 0. The summed E-state index contributed by atoms with van der Waals surface area (Å²) in [6.07, 6.45) is 3.97. The van der Waals surface area contributed by atoms with Gasteiger partial charge in [0.15, 0.2) is 0 Å². The molecule has 0 aromatic heterocycles. The summed E-state index contributed by atoms with van der Waals surface area (Å²) in [5.74, 6) is 2.04. The van der Waals surface area contributed by atoms with Crippen molar-refractivity contribution in [2.75, 3.05) is 37.7 Å². The van der Waals surface area contributed by atoms with Gasteiger partial charge in [0, 0.05) is 10.6 Å². The zero-order valence-electron chi connectivity index (χ0n) is 11.7. The average molecular weight is 280 g/mol. The van der Waals surface area contributed by atoms with Crippen molar-refractivity contribution >= 4 is 17.4 Å². The first-order valence-corrected chi connectivity index (χ1v) is 8.15. The first kappa shape index (κ1) is 14.5. The van der Waals surface area contributed by atoms with Crippen LogP contribution >= 0.6 is 11.8 Å². The van der Waals surface area contributed by atoms with Crippen LogP contribution in [0.2, 0.25) is 0 Å². The van der Waals surface area contributed by atoms with Gasteiger partial charge in [-0.15, -0.1) is 11.8 Å². The molecule has 0 atom stereocenters. The Hall–Kier alpha value is -0.870. The van der Waals surface area contributed by atoms with Crippen LogP contribution in [0.4, 0.5) is 5.69 Å². The predicted molar refractivity (Wildman–Crippen MR) is 83.0 cm³/mol. The number of anilines is 1. The SMILES string of the molecule is CCOc1ccc(N)c(SCCCN2CCCC2)c1. The van der Waals surface area contributed by atoms with E-state index in [-0.39, 0.29) is 0 Å². The number of rotatable bonds is 7. The Morgan fingerprint density at radius 2 is 2.11 bits per heavy atom. The Kier molecular flexibility index (Phi) is 5.86. The van der Waals surface area contributed by atoms with E-state index in [1.54, 1.807) is 0 Å². The van der Waals surface area contributed by atoms with Crippen LogP contribution in [0.5, 0.6) is 5.75 Å². The van der Waals surface area contributed by atoms with Gasteiger partial charge in [0.1, 0.15) is 5.75 Å². The van der Waals surface area contributed by atoms with Crippen molar-refractivity contribution in [2.24, 2.45) is 0 Å². The first-order chi connectivity index (χ1) is 9.29. The smallest absolute Gasteiger partial charge is 0.120 e.